The maximum absolute atomic E-state index is 12.1. The van der Waals surface area contributed by atoms with Gasteiger partial charge in [-0.25, -0.2) is 0 Å². The summed E-state index contributed by atoms with van der Waals surface area (Å²) >= 11 is 0. The molecule has 0 radical (unpaired) electrons. The minimum absolute atomic E-state index is 0.0285. The van der Waals surface area contributed by atoms with E-state index < -0.39 is 0 Å². The molecule has 88 valence electrons. The highest BCUT2D eigenvalue weighted by atomic mass is 16.3. The Hall–Kier alpha value is -2.42. The minimum atomic E-state index is -0.0285. The second kappa shape index (κ2) is 4.45. The van der Waals surface area contributed by atoms with Crippen molar-refractivity contribution in [1.29, 1.82) is 0 Å². The van der Waals surface area contributed by atoms with Crippen LogP contribution in [0.25, 0.3) is 11.0 Å². The molecule has 2 aromatic heterocycles. The van der Waals surface area contributed by atoms with Crippen LogP contribution in [-0.4, -0.2) is 10.8 Å². The summed E-state index contributed by atoms with van der Waals surface area (Å²) in [7, 11) is 0. The summed E-state index contributed by atoms with van der Waals surface area (Å²) in [5.74, 6) is 0.374. The normalized spacial score (nSPS) is 10.7. The Morgan fingerprint density at radius 1 is 1.17 bits per heavy atom. The molecular weight excluding hydrogens is 226 g/mol. The van der Waals surface area contributed by atoms with Crippen LogP contribution in [0.4, 0.5) is 0 Å². The molecule has 0 aliphatic rings. The lowest BCUT2D eigenvalue weighted by Gasteiger charge is -1.96. The number of fused-ring (bicyclic) bond motifs is 1. The van der Waals surface area contributed by atoms with E-state index in [1.165, 1.54) is 0 Å². The number of rotatable bonds is 3. The average Bonchev–Trinajstić information content (AvgIpc) is 2.84. The van der Waals surface area contributed by atoms with E-state index in [-0.39, 0.29) is 5.78 Å². The third-order valence-electron chi connectivity index (χ3n) is 2.79. The van der Waals surface area contributed by atoms with Crippen LogP contribution < -0.4 is 0 Å². The Morgan fingerprint density at radius 2 is 2.06 bits per heavy atom. The van der Waals surface area contributed by atoms with E-state index in [1.54, 1.807) is 18.5 Å². The van der Waals surface area contributed by atoms with Crippen molar-refractivity contribution in [2.45, 2.75) is 6.42 Å². The van der Waals surface area contributed by atoms with Crippen LogP contribution in [0.3, 0.4) is 0 Å². The van der Waals surface area contributed by atoms with Gasteiger partial charge in [-0.15, -0.1) is 0 Å². The second-order valence-corrected chi connectivity index (χ2v) is 4.11. The Kier molecular flexibility index (Phi) is 2.65. The molecule has 1 aromatic carbocycles. The SMILES string of the molecule is O=C(Cc1cccnc1)c1cc2ccccc2o1. The molecule has 0 aliphatic heterocycles. The molecule has 0 spiro atoms. The minimum Gasteiger partial charge on any atom is -0.453 e. The maximum atomic E-state index is 12.1. The number of aromatic nitrogens is 1. The largest absolute Gasteiger partial charge is 0.453 e. The zero-order chi connectivity index (χ0) is 12.4. The van der Waals surface area contributed by atoms with Crippen molar-refractivity contribution in [3.63, 3.8) is 0 Å². The lowest BCUT2D eigenvalue weighted by atomic mass is 10.1. The smallest absolute Gasteiger partial charge is 0.202 e. The summed E-state index contributed by atoms with van der Waals surface area (Å²) in [5, 5.41) is 0.951. The van der Waals surface area contributed by atoms with Crippen LogP contribution in [0.5, 0.6) is 0 Å². The van der Waals surface area contributed by atoms with Gasteiger partial charge < -0.3 is 4.42 Å². The van der Waals surface area contributed by atoms with Gasteiger partial charge in [0.1, 0.15) is 5.58 Å². The summed E-state index contributed by atoms with van der Waals surface area (Å²) in [6.07, 6.45) is 3.70. The Labute approximate surface area is 104 Å². The molecule has 2 heterocycles. The third kappa shape index (κ3) is 2.02. The fraction of sp³-hybridized carbons (Fsp3) is 0.0667. The molecule has 3 nitrogen and oxygen atoms in total. The number of nitrogens with zero attached hydrogens (tertiary/aromatic N) is 1. The van der Waals surface area contributed by atoms with E-state index in [9.17, 15) is 4.79 Å². The molecule has 0 aliphatic carbocycles. The van der Waals surface area contributed by atoms with E-state index in [0.29, 0.717) is 12.2 Å². The van der Waals surface area contributed by atoms with Gasteiger partial charge in [0.25, 0.3) is 0 Å². The van der Waals surface area contributed by atoms with E-state index in [4.69, 9.17) is 4.42 Å². The van der Waals surface area contributed by atoms with Gasteiger partial charge >= 0.3 is 0 Å². The molecule has 0 bridgehead atoms. The summed E-state index contributed by atoms with van der Waals surface area (Å²) in [4.78, 5) is 16.1. The number of benzene rings is 1. The summed E-state index contributed by atoms with van der Waals surface area (Å²) in [5.41, 5.74) is 1.63. The van der Waals surface area contributed by atoms with Gasteiger partial charge in [-0.3, -0.25) is 9.78 Å². The van der Waals surface area contributed by atoms with Crippen molar-refractivity contribution in [1.82, 2.24) is 4.98 Å². The number of Topliss-reactive ketones (excluding diaryl/α,β-unsaturated/α-hetero) is 1. The number of para-hydroxylation sites is 1. The Bertz CT molecular complexity index is 653. The van der Waals surface area contributed by atoms with Gasteiger partial charge in [-0.2, -0.15) is 0 Å². The van der Waals surface area contributed by atoms with Crippen molar-refractivity contribution >= 4 is 16.8 Å². The van der Waals surface area contributed by atoms with Gasteiger partial charge in [-0.05, 0) is 23.8 Å². The molecule has 18 heavy (non-hydrogen) atoms. The second-order valence-electron chi connectivity index (χ2n) is 4.11. The Balaban J connectivity index is 1.88. The average molecular weight is 237 g/mol. The van der Waals surface area contributed by atoms with Crippen LogP contribution in [0.15, 0.2) is 59.3 Å². The zero-order valence-corrected chi connectivity index (χ0v) is 9.67. The van der Waals surface area contributed by atoms with Gasteiger partial charge in [0, 0.05) is 24.2 Å². The van der Waals surface area contributed by atoms with Gasteiger partial charge in [-0.1, -0.05) is 24.3 Å². The topological polar surface area (TPSA) is 43.1 Å². The number of hydrogen-bond acceptors (Lipinski definition) is 3. The molecule has 0 saturated heterocycles. The lowest BCUT2D eigenvalue weighted by Crippen LogP contribution is -2.01. The van der Waals surface area contributed by atoms with Gasteiger partial charge in [0.05, 0.1) is 0 Å². The highest BCUT2D eigenvalue weighted by Gasteiger charge is 2.12. The molecular formula is C15H11NO2. The lowest BCUT2D eigenvalue weighted by molar-refractivity contribution is 0.0968. The fourth-order valence-electron chi connectivity index (χ4n) is 1.89. The van der Waals surface area contributed by atoms with Crippen molar-refractivity contribution < 1.29 is 9.21 Å². The van der Waals surface area contributed by atoms with Crippen molar-refractivity contribution in [2.75, 3.05) is 0 Å². The number of carbonyl (C=O) groups is 1. The summed E-state index contributed by atoms with van der Waals surface area (Å²) in [6, 6.07) is 13.1. The number of pyridine rings is 1. The highest BCUT2D eigenvalue weighted by molar-refractivity contribution is 5.98. The number of furan rings is 1. The van der Waals surface area contributed by atoms with E-state index in [0.717, 1.165) is 16.5 Å². The van der Waals surface area contributed by atoms with Crippen LogP contribution in [0.2, 0.25) is 0 Å². The first-order valence-corrected chi connectivity index (χ1v) is 5.73. The maximum Gasteiger partial charge on any atom is 0.202 e. The monoisotopic (exact) mass is 237 g/mol. The quantitative estimate of drug-likeness (QED) is 0.657. The first kappa shape index (κ1) is 10.7. The molecule has 3 aromatic rings. The van der Waals surface area contributed by atoms with Crippen LogP contribution in [-0.2, 0) is 6.42 Å². The molecule has 0 saturated carbocycles. The van der Waals surface area contributed by atoms with Crippen molar-refractivity contribution in [3.8, 4) is 0 Å². The molecule has 0 amide bonds. The molecule has 3 heteroatoms. The molecule has 0 fully saturated rings. The number of carbonyl (C=O) groups excluding carboxylic acids is 1. The van der Waals surface area contributed by atoms with Gasteiger partial charge in [0.2, 0.25) is 5.78 Å². The molecule has 0 atom stereocenters. The highest BCUT2D eigenvalue weighted by Crippen LogP contribution is 2.20. The molecule has 3 rings (SSSR count). The number of hydrogen-bond donors (Lipinski definition) is 0. The first-order chi connectivity index (χ1) is 8.83. The standard InChI is InChI=1S/C15H11NO2/c17-13(8-11-4-3-7-16-10-11)15-9-12-5-1-2-6-14(12)18-15/h1-7,9-10H,8H2. The number of ketones is 1. The van der Waals surface area contributed by atoms with Gasteiger partial charge in [0.15, 0.2) is 5.76 Å². The summed E-state index contributed by atoms with van der Waals surface area (Å²) < 4.78 is 5.53. The van der Waals surface area contributed by atoms with Crippen molar-refractivity contribution in [3.05, 3.63) is 66.2 Å². The first-order valence-electron chi connectivity index (χ1n) is 5.73. The predicted octanol–water partition coefficient (Wildman–Crippen LogP) is 3.25. The fourth-order valence-corrected chi connectivity index (χ4v) is 1.89. The predicted molar refractivity (Wildman–Crippen MR) is 68.5 cm³/mol. The van der Waals surface area contributed by atoms with E-state index >= 15 is 0 Å². The third-order valence-corrected chi connectivity index (χ3v) is 2.79. The van der Waals surface area contributed by atoms with E-state index in [2.05, 4.69) is 4.98 Å². The summed E-state index contributed by atoms with van der Waals surface area (Å²) in [6.45, 7) is 0. The van der Waals surface area contributed by atoms with E-state index in [1.807, 2.05) is 36.4 Å². The van der Waals surface area contributed by atoms with Crippen LogP contribution in [0.1, 0.15) is 16.1 Å². The molecule has 0 unspecified atom stereocenters. The molecule has 0 N–H and O–H groups in total. The zero-order valence-electron chi connectivity index (χ0n) is 9.67. The van der Waals surface area contributed by atoms with Crippen molar-refractivity contribution in [2.24, 2.45) is 0 Å². The van der Waals surface area contributed by atoms with Crippen LogP contribution in [0, 0.1) is 0 Å². The Morgan fingerprint density at radius 3 is 2.83 bits per heavy atom. The van der Waals surface area contributed by atoms with Crippen LogP contribution >= 0.6 is 0 Å².